The van der Waals surface area contributed by atoms with Crippen molar-refractivity contribution in [1.29, 1.82) is 0 Å². The maximum absolute atomic E-state index is 14.7. The monoisotopic (exact) mass is 1440 g/mol. The Morgan fingerprint density at radius 2 is 1.40 bits per heavy atom. The molecular weight excluding hydrogens is 1330 g/mol. The maximum atomic E-state index is 14.7. The highest BCUT2D eigenvalue weighted by atomic mass is 16.8. The summed E-state index contributed by atoms with van der Waals surface area (Å²) in [5.74, 6) is -6.42. The van der Waals surface area contributed by atoms with Crippen LogP contribution in [-0.4, -0.2) is 229 Å². The first-order valence-corrected chi connectivity index (χ1v) is 35.5. The van der Waals surface area contributed by atoms with Crippen LogP contribution in [0, 0.1) is 46.3 Å². The largest absolute Gasteiger partial charge is 0.509 e. The molecule has 30 heteroatoms. The van der Waals surface area contributed by atoms with Gasteiger partial charge in [-0.15, -0.1) is 0 Å². The van der Waals surface area contributed by atoms with E-state index in [0.29, 0.717) is 30.5 Å². The third-order valence-corrected chi connectivity index (χ3v) is 20.7. The Bertz CT molecular complexity index is 3160. The average Bonchev–Trinajstić information content (AvgIpc) is 1.51. The van der Waals surface area contributed by atoms with Crippen LogP contribution in [0.2, 0.25) is 0 Å². The molecule has 1 unspecified atom stereocenters. The molecule has 0 bridgehead atoms. The smallest absolute Gasteiger partial charge is 0.429 e. The molecule has 11 N–H and O–H groups in total. The average molecular weight is 1440 g/mol. The Labute approximate surface area is 593 Å². The summed E-state index contributed by atoms with van der Waals surface area (Å²) in [7, 11) is 0. The molecule has 6 aliphatic rings. The van der Waals surface area contributed by atoms with Crippen LogP contribution < -0.4 is 27.0 Å². The van der Waals surface area contributed by atoms with Gasteiger partial charge in [-0.1, -0.05) is 64.8 Å². The van der Waals surface area contributed by atoms with E-state index >= 15 is 0 Å². The molecular formula is C72H104N6O24. The topological polar surface area (TPSA) is 440 Å². The van der Waals surface area contributed by atoms with Crippen molar-refractivity contribution in [2.45, 2.75) is 180 Å². The number of aliphatic hydroxyl groups is 5. The number of aliphatic hydroxyl groups excluding tert-OH is 5. The fraction of sp³-hybridized carbons (Fsp3) is 0.681. The molecule has 4 fully saturated rings. The minimum atomic E-state index is -1.96. The number of nitrogens with zero attached hydrogens (tertiary/aromatic N) is 1. The number of fused-ring (bicyclic) bond motifs is 7. The van der Waals surface area contributed by atoms with Crippen LogP contribution in [0.4, 0.5) is 15.3 Å². The molecule has 2 heterocycles. The van der Waals surface area contributed by atoms with Gasteiger partial charge in [0.1, 0.15) is 30.7 Å². The molecule has 0 aromatic heterocycles. The number of rotatable bonds is 45. The number of benzene rings is 1. The molecule has 1 saturated heterocycles. The van der Waals surface area contributed by atoms with Crippen molar-refractivity contribution in [3.8, 4) is 0 Å². The predicted molar refractivity (Wildman–Crippen MR) is 363 cm³/mol. The Hall–Kier alpha value is -7.23. The van der Waals surface area contributed by atoms with E-state index in [1.807, 2.05) is 6.92 Å². The standard InChI is InChI=1S/C72H104N6O24/c1-6-8-62-101-58-38-53-51-16-13-47-37-49(80)20-23-70(47,4)52(51)21-24-71(53,5)72(58,102-62)57(85)42-100-69(94)99-41-44-10-14-48(15-11-44)76-66(91)45(9-7-25-74-68(73)93)36-54(82)63(43(2)3)77-67(92)46(12-17-59(86)75-39-55(83)64(89)65(90)56(84)40-79)35-50(81)22-27-95-29-31-97-33-34-98-32-30-96-28-26-78-60(87)18-19-61(78)88/h10-11,14-15,18-20,23,37,43,45-46,51-53,55-56,58,62-65,79,83-84,89-90H,6-9,12-13,16-17,21-22,24-36,38-42H2,1-5H3,(H,75,86)(H,76,91)(H,77,92)(H3,73,74,93)/t45-,46+,51-,52+,53+,55+,56-,58-,62?,63+,64-,65-,70+,71+,72-/m1/s1. The van der Waals surface area contributed by atoms with Crippen molar-refractivity contribution >= 4 is 70.5 Å². The number of allylic oxidation sites excluding steroid dienone is 4. The predicted octanol–water partition coefficient (Wildman–Crippen LogP) is 2.50. The molecule has 30 nitrogen and oxygen atoms in total. The molecule has 1 aromatic carbocycles. The van der Waals surface area contributed by atoms with E-state index in [1.54, 1.807) is 50.3 Å². The molecule has 7 rings (SSSR count). The molecule has 4 aliphatic carbocycles. The van der Waals surface area contributed by atoms with Crippen LogP contribution in [0.25, 0.3) is 0 Å². The van der Waals surface area contributed by atoms with Gasteiger partial charge in [-0.05, 0) is 111 Å². The van der Waals surface area contributed by atoms with Gasteiger partial charge in [0.2, 0.25) is 23.5 Å². The lowest BCUT2D eigenvalue weighted by Gasteiger charge is -2.58. The number of ketones is 4. The quantitative estimate of drug-likeness (QED) is 0.0255. The minimum absolute atomic E-state index is 0.00878. The van der Waals surface area contributed by atoms with Crippen LogP contribution in [0.5, 0.6) is 0 Å². The summed E-state index contributed by atoms with van der Waals surface area (Å²) in [4.78, 5) is 146. The van der Waals surface area contributed by atoms with Gasteiger partial charge in [0.15, 0.2) is 30.1 Å². The summed E-state index contributed by atoms with van der Waals surface area (Å²) in [5.41, 5.74) is 5.03. The second-order valence-electron chi connectivity index (χ2n) is 27.9. The molecule has 2 aliphatic heterocycles. The van der Waals surface area contributed by atoms with Crippen LogP contribution in [0.3, 0.4) is 0 Å². The SMILES string of the molecule is CCCC1O[C@@H]2C[C@H]3[C@@H]4CCC5=CC(=O)C=C[C@]5(C)[C@H]4CC[C@]3(C)[C@]2(C(=O)COC(=O)OCc2ccc(NC(=O)[C@H](CCCNC(N)=O)CC(=O)[C@@H](NC(=O)[C@@H](CCC(=O)NC[C@H](O)[C@@H](O)[C@H](O)[C@H](O)CO)CC(=O)CCOCCOCCOCCOCCN3C(=O)C=CC3=O)C(C)C)cc2)O1. The van der Waals surface area contributed by atoms with Gasteiger partial charge in [-0.2, -0.15) is 0 Å². The van der Waals surface area contributed by atoms with E-state index in [9.17, 15) is 73.2 Å². The second-order valence-corrected chi connectivity index (χ2v) is 27.9. The highest BCUT2D eigenvalue weighted by molar-refractivity contribution is 6.13. The Kier molecular flexibility index (Phi) is 31.4. The first kappa shape index (κ1) is 82.1. The van der Waals surface area contributed by atoms with Crippen LogP contribution in [0.1, 0.15) is 130 Å². The zero-order valence-electron chi connectivity index (χ0n) is 59.0. The number of anilines is 1. The summed E-state index contributed by atoms with van der Waals surface area (Å²) in [6.45, 7) is 8.76. The van der Waals surface area contributed by atoms with E-state index < -0.39 is 164 Å². The Morgan fingerprint density at radius 3 is 2.05 bits per heavy atom. The number of imide groups is 1. The lowest BCUT2D eigenvalue weighted by molar-refractivity contribution is -0.186. The van der Waals surface area contributed by atoms with E-state index in [0.717, 1.165) is 36.2 Å². The third kappa shape index (κ3) is 21.7. The zero-order chi connectivity index (χ0) is 74.3. The van der Waals surface area contributed by atoms with E-state index in [4.69, 9.17) is 48.7 Å². The lowest BCUT2D eigenvalue weighted by Crippen LogP contribution is -2.60. The summed E-state index contributed by atoms with van der Waals surface area (Å²) in [6.07, 6.45) is 2.04. The number of urea groups is 1. The van der Waals surface area contributed by atoms with Gasteiger partial charge in [0.05, 0.1) is 84.3 Å². The summed E-state index contributed by atoms with van der Waals surface area (Å²) >= 11 is 0. The van der Waals surface area contributed by atoms with E-state index in [1.165, 1.54) is 12.2 Å². The van der Waals surface area contributed by atoms with Crippen molar-refractivity contribution in [2.75, 3.05) is 91.0 Å². The van der Waals surface area contributed by atoms with Gasteiger partial charge in [0, 0.05) is 79.3 Å². The zero-order valence-corrected chi connectivity index (χ0v) is 59.0. The first-order valence-electron chi connectivity index (χ1n) is 35.5. The molecule has 0 radical (unpaired) electrons. The highest BCUT2D eigenvalue weighted by Gasteiger charge is 2.74. The fourth-order valence-corrected chi connectivity index (χ4v) is 15.1. The number of amides is 7. The van der Waals surface area contributed by atoms with E-state index in [2.05, 4.69) is 41.2 Å². The van der Waals surface area contributed by atoms with Gasteiger partial charge < -0.3 is 90.4 Å². The fourth-order valence-electron chi connectivity index (χ4n) is 15.1. The molecule has 0 spiro atoms. The molecule has 15 atom stereocenters. The van der Waals surface area contributed by atoms with Crippen molar-refractivity contribution in [3.05, 3.63) is 65.8 Å². The molecule has 566 valence electrons. The molecule has 102 heavy (non-hydrogen) atoms. The normalized spacial score (nSPS) is 25.4. The summed E-state index contributed by atoms with van der Waals surface area (Å²) in [5, 5.41) is 59.9. The van der Waals surface area contributed by atoms with E-state index in [-0.39, 0.29) is 133 Å². The number of hydrogen-bond donors (Lipinski definition) is 10. The number of carbonyl (C=O) groups is 11. The number of Topliss-reactive ketones (excluding diaryl/α,β-unsaturated/α-hetero) is 3. The molecule has 7 amide bonds. The van der Waals surface area contributed by atoms with Crippen LogP contribution >= 0.6 is 0 Å². The van der Waals surface area contributed by atoms with Crippen LogP contribution in [0.15, 0.2) is 60.2 Å². The van der Waals surface area contributed by atoms with Crippen molar-refractivity contribution in [2.24, 2.45) is 52.1 Å². The number of nitrogens with one attached hydrogen (secondary N) is 4. The number of hydrogen-bond acceptors (Lipinski definition) is 24. The summed E-state index contributed by atoms with van der Waals surface area (Å²) in [6, 6.07) is 4.27. The number of primary amides is 1. The lowest BCUT2D eigenvalue weighted by atomic mass is 9.47. The van der Waals surface area contributed by atoms with Crippen LogP contribution in [-0.2, 0) is 87.7 Å². The highest BCUT2D eigenvalue weighted by Crippen LogP contribution is 2.70. The van der Waals surface area contributed by atoms with Crippen molar-refractivity contribution < 1.29 is 116 Å². The number of ether oxygens (including phenoxy) is 8. The Morgan fingerprint density at radius 1 is 0.755 bits per heavy atom. The minimum Gasteiger partial charge on any atom is -0.429 e. The van der Waals surface area contributed by atoms with Gasteiger partial charge in [-0.25, -0.2) is 9.59 Å². The Balaban J connectivity index is 0.901. The number of carbonyl (C=O) groups excluding carboxylic acids is 11. The van der Waals surface area contributed by atoms with Gasteiger partial charge in [0.25, 0.3) is 11.8 Å². The van der Waals surface area contributed by atoms with Gasteiger partial charge in [-0.3, -0.25) is 48.1 Å². The van der Waals surface area contributed by atoms with Gasteiger partial charge >= 0.3 is 12.2 Å². The van der Waals surface area contributed by atoms with Crippen molar-refractivity contribution in [3.63, 3.8) is 0 Å². The summed E-state index contributed by atoms with van der Waals surface area (Å²) < 4.78 is 46.3. The first-order chi connectivity index (χ1) is 48.6. The molecule has 1 aromatic rings. The second kappa shape index (κ2) is 39.0. The maximum Gasteiger partial charge on any atom is 0.509 e. The number of nitrogens with two attached hydrogens (primary N) is 1. The van der Waals surface area contributed by atoms with Crippen molar-refractivity contribution in [1.82, 2.24) is 20.9 Å². The third-order valence-electron chi connectivity index (χ3n) is 20.7. The molecule has 3 saturated carbocycles.